The van der Waals surface area contributed by atoms with Gasteiger partial charge in [0.25, 0.3) is 0 Å². The van der Waals surface area contributed by atoms with Crippen LogP contribution in [0.2, 0.25) is 0 Å². The molecule has 1 atom stereocenters. The third-order valence-electron chi connectivity index (χ3n) is 3.42. The van der Waals surface area contributed by atoms with E-state index in [1.54, 1.807) is 25.1 Å². The highest BCUT2D eigenvalue weighted by atomic mass is 79.9. The summed E-state index contributed by atoms with van der Waals surface area (Å²) in [5.74, 6) is -0.964. The standard InChI is InChI=1S/C13H15BrN2O3/c1-13(11(17)18)6-3-7-16(13)12(19)15-10-5-2-4-9(14)8-10/h2,4-5,8H,3,6-7H2,1H3,(H,15,19)(H,17,18). The van der Waals surface area contributed by atoms with Gasteiger partial charge in [-0.15, -0.1) is 0 Å². The third-order valence-corrected chi connectivity index (χ3v) is 3.92. The maximum absolute atomic E-state index is 12.2. The molecule has 1 aromatic rings. The molecule has 19 heavy (non-hydrogen) atoms. The van der Waals surface area contributed by atoms with Crippen molar-refractivity contribution in [1.29, 1.82) is 0 Å². The second kappa shape index (κ2) is 5.21. The number of anilines is 1. The van der Waals surface area contributed by atoms with Gasteiger partial charge in [-0.05, 0) is 38.0 Å². The van der Waals surface area contributed by atoms with E-state index in [1.165, 1.54) is 4.90 Å². The maximum atomic E-state index is 12.2. The lowest BCUT2D eigenvalue weighted by molar-refractivity contribution is -0.146. The number of nitrogens with one attached hydrogen (secondary N) is 1. The van der Waals surface area contributed by atoms with Crippen LogP contribution in [-0.4, -0.2) is 34.1 Å². The number of hydrogen-bond acceptors (Lipinski definition) is 2. The van der Waals surface area contributed by atoms with Crippen LogP contribution in [0.15, 0.2) is 28.7 Å². The minimum Gasteiger partial charge on any atom is -0.480 e. The molecule has 1 aliphatic heterocycles. The summed E-state index contributed by atoms with van der Waals surface area (Å²) in [4.78, 5) is 24.9. The summed E-state index contributed by atoms with van der Waals surface area (Å²) in [6.07, 6.45) is 1.18. The lowest BCUT2D eigenvalue weighted by Crippen LogP contribution is -2.52. The number of halogens is 1. The molecule has 102 valence electrons. The van der Waals surface area contributed by atoms with Gasteiger partial charge >= 0.3 is 12.0 Å². The van der Waals surface area contributed by atoms with Gasteiger partial charge in [0.1, 0.15) is 5.54 Å². The number of nitrogens with zero attached hydrogens (tertiary/aromatic N) is 1. The van der Waals surface area contributed by atoms with Gasteiger partial charge in [0.05, 0.1) is 0 Å². The zero-order chi connectivity index (χ0) is 14.0. The molecule has 1 heterocycles. The smallest absolute Gasteiger partial charge is 0.329 e. The zero-order valence-electron chi connectivity index (χ0n) is 10.5. The van der Waals surface area contributed by atoms with Crippen molar-refractivity contribution in [2.45, 2.75) is 25.3 Å². The number of likely N-dealkylation sites (tertiary alicyclic amines) is 1. The van der Waals surface area contributed by atoms with Crippen LogP contribution in [0.1, 0.15) is 19.8 Å². The Labute approximate surface area is 119 Å². The Hall–Kier alpha value is -1.56. The molecule has 0 radical (unpaired) electrons. The quantitative estimate of drug-likeness (QED) is 0.877. The average Bonchev–Trinajstić information content (AvgIpc) is 2.73. The fourth-order valence-corrected chi connectivity index (χ4v) is 2.67. The van der Waals surface area contributed by atoms with Crippen LogP contribution < -0.4 is 5.32 Å². The molecule has 2 rings (SSSR count). The summed E-state index contributed by atoms with van der Waals surface area (Å²) in [6.45, 7) is 2.05. The van der Waals surface area contributed by atoms with Crippen molar-refractivity contribution in [3.05, 3.63) is 28.7 Å². The van der Waals surface area contributed by atoms with Crippen molar-refractivity contribution in [3.63, 3.8) is 0 Å². The Bertz CT molecular complexity index is 520. The first kappa shape index (κ1) is 13.9. The van der Waals surface area contributed by atoms with E-state index in [2.05, 4.69) is 21.2 Å². The molecular formula is C13H15BrN2O3. The van der Waals surface area contributed by atoms with Crippen LogP contribution in [0.5, 0.6) is 0 Å². The number of carboxylic acid groups (broad SMARTS) is 1. The lowest BCUT2D eigenvalue weighted by Gasteiger charge is -2.31. The molecule has 1 aromatic carbocycles. The summed E-state index contributed by atoms with van der Waals surface area (Å²) < 4.78 is 0.854. The number of carbonyl (C=O) groups excluding carboxylic acids is 1. The third kappa shape index (κ3) is 2.73. The lowest BCUT2D eigenvalue weighted by atomic mass is 10.00. The summed E-state index contributed by atoms with van der Waals surface area (Å²) >= 11 is 3.32. The summed E-state index contributed by atoms with van der Waals surface area (Å²) in [5.41, 5.74) is -0.477. The predicted molar refractivity (Wildman–Crippen MR) is 75.1 cm³/mol. The molecule has 2 N–H and O–H groups in total. The number of amides is 2. The molecule has 0 aliphatic carbocycles. The Balaban J connectivity index is 2.14. The van der Waals surface area contributed by atoms with Gasteiger partial charge < -0.3 is 15.3 Å². The van der Waals surface area contributed by atoms with Crippen LogP contribution in [0.25, 0.3) is 0 Å². The number of aliphatic carboxylic acids is 1. The fourth-order valence-electron chi connectivity index (χ4n) is 2.27. The van der Waals surface area contributed by atoms with Gasteiger partial charge in [0.15, 0.2) is 0 Å². The first-order valence-corrected chi connectivity index (χ1v) is 6.80. The molecule has 5 nitrogen and oxygen atoms in total. The summed E-state index contributed by atoms with van der Waals surface area (Å²) in [5, 5.41) is 12.0. The average molecular weight is 327 g/mol. The molecule has 6 heteroatoms. The Morgan fingerprint density at radius 3 is 2.84 bits per heavy atom. The molecule has 1 unspecified atom stereocenters. The molecule has 1 saturated heterocycles. The van der Waals surface area contributed by atoms with E-state index in [4.69, 9.17) is 0 Å². The summed E-state index contributed by atoms with van der Waals surface area (Å²) in [7, 11) is 0. The minimum atomic E-state index is -1.11. The molecule has 0 saturated carbocycles. The zero-order valence-corrected chi connectivity index (χ0v) is 12.1. The molecule has 0 aromatic heterocycles. The predicted octanol–water partition coefficient (Wildman–Crippen LogP) is 2.92. The largest absolute Gasteiger partial charge is 0.480 e. The van der Waals surface area contributed by atoms with Crippen molar-refractivity contribution in [2.24, 2.45) is 0 Å². The highest BCUT2D eigenvalue weighted by molar-refractivity contribution is 9.10. The van der Waals surface area contributed by atoms with Gasteiger partial charge in [-0.1, -0.05) is 22.0 Å². The van der Waals surface area contributed by atoms with E-state index < -0.39 is 11.5 Å². The van der Waals surface area contributed by atoms with E-state index in [1.807, 2.05) is 6.07 Å². The van der Waals surface area contributed by atoms with Crippen LogP contribution in [-0.2, 0) is 4.79 Å². The normalized spacial score (nSPS) is 22.3. The van der Waals surface area contributed by atoms with Gasteiger partial charge in [0, 0.05) is 16.7 Å². The highest BCUT2D eigenvalue weighted by Crippen LogP contribution is 2.30. The van der Waals surface area contributed by atoms with E-state index in [0.717, 1.165) is 4.47 Å². The molecule has 0 bridgehead atoms. The second-order valence-corrected chi connectivity index (χ2v) is 5.69. The Kier molecular flexibility index (Phi) is 3.80. The van der Waals surface area contributed by atoms with Gasteiger partial charge in [-0.2, -0.15) is 0 Å². The molecule has 1 fully saturated rings. The van der Waals surface area contributed by atoms with Crippen molar-refractivity contribution in [1.82, 2.24) is 4.90 Å². The number of urea groups is 1. The Morgan fingerprint density at radius 2 is 2.21 bits per heavy atom. The van der Waals surface area contributed by atoms with E-state index in [9.17, 15) is 14.7 Å². The fraction of sp³-hybridized carbons (Fsp3) is 0.385. The van der Waals surface area contributed by atoms with Crippen LogP contribution in [0, 0.1) is 0 Å². The number of rotatable bonds is 2. The van der Waals surface area contributed by atoms with E-state index >= 15 is 0 Å². The van der Waals surface area contributed by atoms with Gasteiger partial charge in [-0.25, -0.2) is 9.59 Å². The molecule has 2 amide bonds. The molecule has 0 spiro atoms. The van der Waals surface area contributed by atoms with E-state index in [-0.39, 0.29) is 6.03 Å². The van der Waals surface area contributed by atoms with Gasteiger partial charge in [-0.3, -0.25) is 0 Å². The van der Waals surface area contributed by atoms with Crippen LogP contribution >= 0.6 is 15.9 Å². The van der Waals surface area contributed by atoms with Crippen molar-refractivity contribution < 1.29 is 14.7 Å². The second-order valence-electron chi connectivity index (χ2n) is 4.77. The van der Waals surface area contributed by atoms with Crippen LogP contribution in [0.3, 0.4) is 0 Å². The Morgan fingerprint density at radius 1 is 1.47 bits per heavy atom. The number of benzene rings is 1. The van der Waals surface area contributed by atoms with E-state index in [0.29, 0.717) is 25.1 Å². The minimum absolute atomic E-state index is 0.375. The molecule has 1 aliphatic rings. The SMILES string of the molecule is CC1(C(=O)O)CCCN1C(=O)Nc1cccc(Br)c1. The van der Waals surface area contributed by atoms with Crippen LogP contribution in [0.4, 0.5) is 10.5 Å². The molecular weight excluding hydrogens is 312 g/mol. The number of carboxylic acids is 1. The first-order chi connectivity index (χ1) is 8.93. The number of hydrogen-bond donors (Lipinski definition) is 2. The summed E-state index contributed by atoms with van der Waals surface area (Å²) in [6, 6.07) is 6.82. The van der Waals surface area contributed by atoms with Crippen molar-refractivity contribution in [3.8, 4) is 0 Å². The number of carbonyl (C=O) groups is 2. The highest BCUT2D eigenvalue weighted by Gasteiger charge is 2.45. The first-order valence-electron chi connectivity index (χ1n) is 6.01. The monoisotopic (exact) mass is 326 g/mol. The topological polar surface area (TPSA) is 69.6 Å². The van der Waals surface area contributed by atoms with Gasteiger partial charge in [0.2, 0.25) is 0 Å². The van der Waals surface area contributed by atoms with Crippen molar-refractivity contribution >= 4 is 33.6 Å². The van der Waals surface area contributed by atoms with Crippen molar-refractivity contribution in [2.75, 3.05) is 11.9 Å². The maximum Gasteiger partial charge on any atom is 0.329 e.